The molecule has 0 saturated carbocycles. The number of carbonyl (C=O) groups excluding carboxylic acids is 1. The van der Waals surface area contributed by atoms with Gasteiger partial charge >= 0.3 is 12.2 Å². The maximum absolute atomic E-state index is 13.1. The van der Waals surface area contributed by atoms with Gasteiger partial charge < -0.3 is 10.6 Å². The second-order valence-corrected chi connectivity index (χ2v) is 4.28. The van der Waals surface area contributed by atoms with Crippen molar-refractivity contribution in [3.8, 4) is 0 Å². The lowest BCUT2D eigenvalue weighted by atomic mass is 10.2. The van der Waals surface area contributed by atoms with Crippen LogP contribution in [0.1, 0.15) is 5.56 Å². The van der Waals surface area contributed by atoms with Gasteiger partial charge in [-0.1, -0.05) is 6.07 Å². The number of amides is 2. The minimum absolute atomic E-state index is 0.121. The molecule has 2 aromatic carbocycles. The summed E-state index contributed by atoms with van der Waals surface area (Å²) in [5, 5.41) is 4.35. The Morgan fingerprint density at radius 3 is 2.14 bits per heavy atom. The first-order valence-electron chi connectivity index (χ1n) is 5.96. The lowest BCUT2D eigenvalue weighted by Gasteiger charge is -2.11. The van der Waals surface area contributed by atoms with E-state index in [0.717, 1.165) is 12.1 Å². The Morgan fingerprint density at radius 1 is 0.909 bits per heavy atom. The van der Waals surface area contributed by atoms with Gasteiger partial charge in [-0.2, -0.15) is 13.2 Å². The van der Waals surface area contributed by atoms with Crippen LogP contribution in [0.3, 0.4) is 0 Å². The van der Waals surface area contributed by atoms with E-state index in [-0.39, 0.29) is 11.4 Å². The number of alkyl halides is 3. The number of hydrogen-bond acceptors (Lipinski definition) is 1. The van der Waals surface area contributed by atoms with E-state index in [0.29, 0.717) is 12.1 Å². The standard InChI is InChI=1S/C14H9F5N2O/c15-8-2-1-3-9(6-8)20-13(22)21-10-4-5-12(16)11(7-10)14(17,18)19/h1-7H,(H2,20,21,22). The number of rotatable bonds is 2. The number of anilines is 2. The summed E-state index contributed by atoms with van der Waals surface area (Å²) in [6.07, 6.45) is -4.87. The normalized spacial score (nSPS) is 11.1. The van der Waals surface area contributed by atoms with Gasteiger partial charge in [0.1, 0.15) is 11.6 Å². The summed E-state index contributed by atoms with van der Waals surface area (Å²) < 4.78 is 63.7. The highest BCUT2D eigenvalue weighted by atomic mass is 19.4. The van der Waals surface area contributed by atoms with Crippen LogP contribution < -0.4 is 10.6 Å². The highest BCUT2D eigenvalue weighted by molar-refractivity contribution is 5.99. The van der Waals surface area contributed by atoms with Crippen molar-refractivity contribution < 1.29 is 26.7 Å². The van der Waals surface area contributed by atoms with Gasteiger partial charge in [0, 0.05) is 11.4 Å². The molecule has 116 valence electrons. The van der Waals surface area contributed by atoms with Gasteiger partial charge in [-0.15, -0.1) is 0 Å². The third-order valence-electron chi connectivity index (χ3n) is 2.61. The summed E-state index contributed by atoms with van der Waals surface area (Å²) in [5.41, 5.74) is -1.62. The lowest BCUT2D eigenvalue weighted by Crippen LogP contribution is -2.20. The van der Waals surface area contributed by atoms with Gasteiger partial charge in [0.15, 0.2) is 0 Å². The zero-order valence-electron chi connectivity index (χ0n) is 10.8. The van der Waals surface area contributed by atoms with E-state index in [1.165, 1.54) is 18.2 Å². The van der Waals surface area contributed by atoms with Crippen molar-refractivity contribution in [3.63, 3.8) is 0 Å². The molecule has 0 atom stereocenters. The first-order chi connectivity index (χ1) is 10.3. The Morgan fingerprint density at radius 2 is 1.55 bits per heavy atom. The number of benzene rings is 2. The maximum atomic E-state index is 13.1. The molecule has 3 nitrogen and oxygen atoms in total. The van der Waals surface area contributed by atoms with Crippen LogP contribution in [0.2, 0.25) is 0 Å². The first kappa shape index (κ1) is 15.7. The van der Waals surface area contributed by atoms with Crippen molar-refractivity contribution in [1.82, 2.24) is 0 Å². The molecule has 0 heterocycles. The van der Waals surface area contributed by atoms with Crippen molar-refractivity contribution in [1.29, 1.82) is 0 Å². The van der Waals surface area contributed by atoms with Gasteiger partial charge in [0.05, 0.1) is 5.56 Å². The number of urea groups is 1. The molecule has 2 aromatic rings. The average Bonchev–Trinajstić information content (AvgIpc) is 2.39. The summed E-state index contributed by atoms with van der Waals surface area (Å²) in [6.45, 7) is 0. The maximum Gasteiger partial charge on any atom is 0.419 e. The molecule has 22 heavy (non-hydrogen) atoms. The molecule has 0 aliphatic heterocycles. The molecule has 0 fully saturated rings. The van der Waals surface area contributed by atoms with Gasteiger partial charge in [-0.25, -0.2) is 13.6 Å². The molecule has 2 rings (SSSR count). The molecule has 0 saturated heterocycles. The van der Waals surface area contributed by atoms with E-state index in [1.807, 2.05) is 0 Å². The van der Waals surface area contributed by atoms with Crippen molar-refractivity contribution in [2.24, 2.45) is 0 Å². The third kappa shape index (κ3) is 3.94. The fourth-order valence-corrected chi connectivity index (χ4v) is 1.68. The largest absolute Gasteiger partial charge is 0.419 e. The van der Waals surface area contributed by atoms with Crippen molar-refractivity contribution >= 4 is 17.4 Å². The van der Waals surface area contributed by atoms with Crippen molar-refractivity contribution in [2.75, 3.05) is 10.6 Å². The van der Waals surface area contributed by atoms with E-state index in [9.17, 15) is 26.7 Å². The molecule has 0 spiro atoms. The Bertz CT molecular complexity index is 700. The topological polar surface area (TPSA) is 41.1 Å². The fraction of sp³-hybridized carbons (Fsp3) is 0.0714. The molecule has 0 bridgehead atoms. The Balaban J connectivity index is 2.12. The number of halogens is 5. The summed E-state index contributed by atoms with van der Waals surface area (Å²) >= 11 is 0. The van der Waals surface area contributed by atoms with Crippen LogP contribution in [0.4, 0.5) is 38.1 Å². The predicted molar refractivity (Wildman–Crippen MR) is 70.4 cm³/mol. The molecule has 0 unspecified atom stereocenters. The Kier molecular flexibility index (Phi) is 4.30. The summed E-state index contributed by atoms with van der Waals surface area (Å²) in [5.74, 6) is -2.03. The van der Waals surface area contributed by atoms with E-state index in [4.69, 9.17) is 0 Å². The van der Waals surface area contributed by atoms with Crippen LogP contribution >= 0.6 is 0 Å². The number of hydrogen-bond donors (Lipinski definition) is 2. The minimum atomic E-state index is -4.87. The van der Waals surface area contributed by atoms with Gasteiger partial charge in [0.2, 0.25) is 0 Å². The van der Waals surface area contributed by atoms with Gasteiger partial charge in [-0.3, -0.25) is 0 Å². The second kappa shape index (κ2) is 6.00. The summed E-state index contributed by atoms with van der Waals surface area (Å²) in [4.78, 5) is 11.6. The van der Waals surface area contributed by atoms with Gasteiger partial charge in [0.25, 0.3) is 0 Å². The highest BCUT2D eigenvalue weighted by Crippen LogP contribution is 2.33. The quantitative estimate of drug-likeness (QED) is 0.779. The van der Waals surface area contributed by atoms with E-state index in [1.54, 1.807) is 0 Å². The van der Waals surface area contributed by atoms with E-state index >= 15 is 0 Å². The van der Waals surface area contributed by atoms with E-state index < -0.39 is 29.4 Å². The average molecular weight is 316 g/mol. The van der Waals surface area contributed by atoms with Crippen LogP contribution in [-0.2, 0) is 6.18 Å². The number of carbonyl (C=O) groups is 1. The van der Waals surface area contributed by atoms with Crippen LogP contribution in [0.25, 0.3) is 0 Å². The molecular formula is C14H9F5N2O. The van der Waals surface area contributed by atoms with Crippen LogP contribution in [0.15, 0.2) is 42.5 Å². The monoisotopic (exact) mass is 316 g/mol. The summed E-state index contributed by atoms with van der Waals surface area (Å²) in [7, 11) is 0. The SMILES string of the molecule is O=C(Nc1cccc(F)c1)Nc1ccc(F)c(C(F)(F)F)c1. The second-order valence-electron chi connectivity index (χ2n) is 4.28. The lowest BCUT2D eigenvalue weighted by molar-refractivity contribution is -0.139. The van der Waals surface area contributed by atoms with Crippen molar-refractivity contribution in [2.45, 2.75) is 6.18 Å². The Labute approximate surface area is 121 Å². The Hall–Kier alpha value is -2.64. The van der Waals surface area contributed by atoms with Crippen LogP contribution in [-0.4, -0.2) is 6.03 Å². The number of nitrogens with one attached hydrogen (secondary N) is 2. The van der Waals surface area contributed by atoms with Crippen LogP contribution in [0.5, 0.6) is 0 Å². The zero-order valence-corrected chi connectivity index (χ0v) is 10.8. The first-order valence-corrected chi connectivity index (χ1v) is 5.96. The van der Waals surface area contributed by atoms with Crippen molar-refractivity contribution in [3.05, 3.63) is 59.7 Å². The van der Waals surface area contributed by atoms with Crippen LogP contribution in [0, 0.1) is 11.6 Å². The minimum Gasteiger partial charge on any atom is -0.308 e. The smallest absolute Gasteiger partial charge is 0.308 e. The summed E-state index contributed by atoms with van der Waals surface area (Å²) in [6, 6.07) is 6.12. The zero-order chi connectivity index (χ0) is 16.3. The molecule has 0 aliphatic rings. The molecule has 0 radical (unpaired) electrons. The van der Waals surface area contributed by atoms with E-state index in [2.05, 4.69) is 10.6 Å². The fourth-order valence-electron chi connectivity index (χ4n) is 1.68. The predicted octanol–water partition coefficient (Wildman–Crippen LogP) is 4.63. The molecule has 0 aromatic heterocycles. The molecule has 0 aliphatic carbocycles. The molecule has 2 N–H and O–H groups in total. The van der Waals surface area contributed by atoms with Gasteiger partial charge in [-0.05, 0) is 36.4 Å². The molecule has 8 heteroatoms. The third-order valence-corrected chi connectivity index (χ3v) is 2.61. The highest BCUT2D eigenvalue weighted by Gasteiger charge is 2.34. The molecule has 2 amide bonds. The molecular weight excluding hydrogens is 307 g/mol.